The zero-order chi connectivity index (χ0) is 13.0. The minimum atomic E-state index is -0.557. The maximum Gasteiger partial charge on any atom is 0.417 e. The molecule has 1 saturated heterocycles. The van der Waals surface area contributed by atoms with Gasteiger partial charge in [0.2, 0.25) is 5.91 Å². The van der Waals surface area contributed by atoms with Crippen LogP contribution in [0.25, 0.3) is 0 Å². The Bertz CT molecular complexity index is 455. The van der Waals surface area contributed by atoms with Crippen LogP contribution in [0.3, 0.4) is 0 Å². The maximum absolute atomic E-state index is 12.0. The molecule has 1 aliphatic heterocycles. The molecule has 0 N–H and O–H groups in total. The summed E-state index contributed by atoms with van der Waals surface area (Å²) in [6.45, 7) is 3.79. The lowest BCUT2D eigenvalue weighted by Gasteiger charge is -2.19. The van der Waals surface area contributed by atoms with Gasteiger partial charge in [-0.1, -0.05) is 36.4 Å². The lowest BCUT2D eigenvalue weighted by molar-refractivity contribution is -0.129. The zero-order valence-electron chi connectivity index (χ0n) is 10.0. The second-order valence-electron chi connectivity index (χ2n) is 4.09. The van der Waals surface area contributed by atoms with Crippen LogP contribution in [0.2, 0.25) is 0 Å². The van der Waals surface area contributed by atoms with E-state index in [0.29, 0.717) is 6.42 Å². The van der Waals surface area contributed by atoms with E-state index in [1.807, 2.05) is 30.3 Å². The summed E-state index contributed by atoms with van der Waals surface area (Å²) in [6.07, 6.45) is 1.95. The third-order valence-corrected chi connectivity index (χ3v) is 2.89. The molecule has 0 aliphatic carbocycles. The molecule has 0 aromatic heterocycles. The molecule has 0 bridgehead atoms. The molecular weight excluding hydrogens is 230 g/mol. The van der Waals surface area contributed by atoms with E-state index in [0.717, 1.165) is 5.56 Å². The van der Waals surface area contributed by atoms with Crippen molar-refractivity contribution in [2.45, 2.75) is 18.9 Å². The average Bonchev–Trinajstić information content (AvgIpc) is 2.79. The quantitative estimate of drug-likeness (QED) is 0.766. The van der Waals surface area contributed by atoms with Crippen LogP contribution in [0.5, 0.6) is 0 Å². The summed E-state index contributed by atoms with van der Waals surface area (Å²) < 4.78 is 4.97. The number of amides is 2. The van der Waals surface area contributed by atoms with E-state index >= 15 is 0 Å². The molecule has 1 fully saturated rings. The Hall–Kier alpha value is -2.10. The highest BCUT2D eigenvalue weighted by Crippen LogP contribution is 2.28. The molecule has 1 heterocycles. The Labute approximate surface area is 106 Å². The first kappa shape index (κ1) is 12.4. The second-order valence-corrected chi connectivity index (χ2v) is 4.09. The van der Waals surface area contributed by atoms with Gasteiger partial charge < -0.3 is 4.74 Å². The fourth-order valence-electron chi connectivity index (χ4n) is 1.96. The van der Waals surface area contributed by atoms with Gasteiger partial charge in [-0.3, -0.25) is 4.79 Å². The SMILES string of the molecule is C=CCCC(=O)N1C(=O)OC[C@@H]1c1ccccc1. The molecule has 2 rings (SSSR count). The summed E-state index contributed by atoms with van der Waals surface area (Å²) in [6, 6.07) is 9.12. The molecule has 18 heavy (non-hydrogen) atoms. The standard InChI is InChI=1S/C14H15NO3/c1-2-3-9-13(16)15-12(10-18-14(15)17)11-7-5-4-6-8-11/h2,4-8,12H,1,3,9-10H2/t12-/m1/s1. The number of carbonyl (C=O) groups excluding carboxylic acids is 2. The summed E-state index contributed by atoms with van der Waals surface area (Å²) >= 11 is 0. The first-order valence-electron chi connectivity index (χ1n) is 5.88. The van der Waals surface area contributed by atoms with E-state index in [1.165, 1.54) is 4.90 Å². The number of allylic oxidation sites excluding steroid dienone is 1. The van der Waals surface area contributed by atoms with Crippen LogP contribution >= 0.6 is 0 Å². The van der Waals surface area contributed by atoms with E-state index in [1.54, 1.807) is 6.08 Å². The number of cyclic esters (lactones) is 1. The minimum absolute atomic E-state index is 0.216. The molecule has 0 spiro atoms. The summed E-state index contributed by atoms with van der Waals surface area (Å²) in [7, 11) is 0. The van der Waals surface area contributed by atoms with E-state index in [2.05, 4.69) is 6.58 Å². The molecular formula is C14H15NO3. The number of imide groups is 1. The number of rotatable bonds is 4. The van der Waals surface area contributed by atoms with E-state index in [-0.39, 0.29) is 25.0 Å². The van der Waals surface area contributed by atoms with E-state index in [9.17, 15) is 9.59 Å². The van der Waals surface area contributed by atoms with Crippen LogP contribution in [-0.4, -0.2) is 23.5 Å². The molecule has 1 aliphatic rings. The van der Waals surface area contributed by atoms with E-state index in [4.69, 9.17) is 4.74 Å². The lowest BCUT2D eigenvalue weighted by atomic mass is 10.1. The molecule has 0 radical (unpaired) electrons. The van der Waals surface area contributed by atoms with Crippen LogP contribution in [0.15, 0.2) is 43.0 Å². The van der Waals surface area contributed by atoms with Gasteiger partial charge >= 0.3 is 6.09 Å². The molecule has 1 atom stereocenters. The molecule has 2 amide bonds. The molecule has 0 unspecified atom stereocenters. The van der Waals surface area contributed by atoms with Crippen molar-refractivity contribution >= 4 is 12.0 Å². The van der Waals surface area contributed by atoms with Gasteiger partial charge in [-0.15, -0.1) is 6.58 Å². The Balaban J connectivity index is 2.17. The number of nitrogens with zero attached hydrogens (tertiary/aromatic N) is 1. The largest absolute Gasteiger partial charge is 0.446 e. The Morgan fingerprint density at radius 3 is 2.83 bits per heavy atom. The van der Waals surface area contributed by atoms with E-state index < -0.39 is 6.09 Å². The summed E-state index contributed by atoms with van der Waals surface area (Å²) in [5.41, 5.74) is 0.912. The third-order valence-electron chi connectivity index (χ3n) is 2.89. The second kappa shape index (κ2) is 5.49. The molecule has 4 heteroatoms. The highest BCUT2D eigenvalue weighted by atomic mass is 16.6. The van der Waals surface area contributed by atoms with Crippen molar-refractivity contribution in [1.82, 2.24) is 4.90 Å². The highest BCUT2D eigenvalue weighted by molar-refractivity contribution is 5.93. The van der Waals surface area contributed by atoms with Crippen LogP contribution < -0.4 is 0 Å². The highest BCUT2D eigenvalue weighted by Gasteiger charge is 2.38. The van der Waals surface area contributed by atoms with Crippen molar-refractivity contribution in [2.75, 3.05) is 6.61 Å². The summed E-state index contributed by atoms with van der Waals surface area (Å²) in [4.78, 5) is 24.8. The Morgan fingerprint density at radius 1 is 1.44 bits per heavy atom. The molecule has 4 nitrogen and oxygen atoms in total. The Morgan fingerprint density at radius 2 is 2.17 bits per heavy atom. The van der Waals surface area contributed by atoms with Crippen molar-refractivity contribution in [3.8, 4) is 0 Å². The zero-order valence-corrected chi connectivity index (χ0v) is 10.0. The topological polar surface area (TPSA) is 46.6 Å². The average molecular weight is 245 g/mol. The molecule has 1 aromatic rings. The number of carbonyl (C=O) groups is 2. The smallest absolute Gasteiger partial charge is 0.417 e. The molecule has 94 valence electrons. The summed E-state index contributed by atoms with van der Waals surface area (Å²) in [5.74, 6) is -0.216. The monoisotopic (exact) mass is 245 g/mol. The van der Waals surface area contributed by atoms with Gasteiger partial charge in [0, 0.05) is 6.42 Å². The predicted molar refractivity (Wildman–Crippen MR) is 66.8 cm³/mol. The molecule has 0 saturated carbocycles. The van der Waals surface area contributed by atoms with Gasteiger partial charge in [-0.25, -0.2) is 9.69 Å². The van der Waals surface area contributed by atoms with Gasteiger partial charge in [0.25, 0.3) is 0 Å². The van der Waals surface area contributed by atoms with Crippen molar-refractivity contribution in [3.05, 3.63) is 48.6 Å². The van der Waals surface area contributed by atoms with Gasteiger partial charge in [0.1, 0.15) is 12.6 Å². The number of ether oxygens (including phenoxy) is 1. The first-order valence-corrected chi connectivity index (χ1v) is 5.88. The third kappa shape index (κ3) is 2.42. The van der Waals surface area contributed by atoms with Gasteiger partial charge in [0.15, 0.2) is 0 Å². The van der Waals surface area contributed by atoms with Gasteiger partial charge in [-0.05, 0) is 12.0 Å². The maximum atomic E-state index is 12.0. The van der Waals surface area contributed by atoms with Gasteiger partial charge in [0.05, 0.1) is 0 Å². The first-order chi connectivity index (χ1) is 8.74. The van der Waals surface area contributed by atoms with Crippen LogP contribution in [-0.2, 0) is 9.53 Å². The predicted octanol–water partition coefficient (Wildman–Crippen LogP) is 2.67. The lowest BCUT2D eigenvalue weighted by Crippen LogP contribution is -2.33. The van der Waals surface area contributed by atoms with Gasteiger partial charge in [-0.2, -0.15) is 0 Å². The number of hydrogen-bond donors (Lipinski definition) is 0. The Kier molecular flexibility index (Phi) is 3.77. The minimum Gasteiger partial charge on any atom is -0.446 e. The number of benzene rings is 1. The van der Waals surface area contributed by atoms with Crippen molar-refractivity contribution in [1.29, 1.82) is 0 Å². The summed E-state index contributed by atoms with van der Waals surface area (Å²) in [5, 5.41) is 0. The molecule has 1 aromatic carbocycles. The fourth-order valence-corrected chi connectivity index (χ4v) is 1.96. The fraction of sp³-hybridized carbons (Fsp3) is 0.286. The number of hydrogen-bond acceptors (Lipinski definition) is 3. The van der Waals surface area contributed by atoms with Crippen LogP contribution in [0.4, 0.5) is 4.79 Å². The van der Waals surface area contributed by atoms with Crippen LogP contribution in [0, 0.1) is 0 Å². The van der Waals surface area contributed by atoms with Crippen LogP contribution in [0.1, 0.15) is 24.4 Å². The van der Waals surface area contributed by atoms with Crippen molar-refractivity contribution in [2.24, 2.45) is 0 Å². The van der Waals surface area contributed by atoms with Crippen molar-refractivity contribution < 1.29 is 14.3 Å². The normalized spacial score (nSPS) is 18.6. The van der Waals surface area contributed by atoms with Crippen molar-refractivity contribution in [3.63, 3.8) is 0 Å².